The summed E-state index contributed by atoms with van der Waals surface area (Å²) in [6.07, 6.45) is -0.440. The average Bonchev–Trinajstić information content (AvgIpc) is 3.21. The van der Waals surface area contributed by atoms with Crippen molar-refractivity contribution in [3.05, 3.63) is 89.5 Å². The number of alkyl halides is 3. The number of anilines is 1. The van der Waals surface area contributed by atoms with E-state index in [1.165, 1.54) is 30.7 Å². The second kappa shape index (κ2) is 8.19. The first-order chi connectivity index (χ1) is 14.8. The minimum Gasteiger partial charge on any atom is -0.321 e. The number of carbonyl (C=O) groups excluding carboxylic acids is 1. The van der Waals surface area contributed by atoms with E-state index in [-0.39, 0.29) is 11.5 Å². The maximum absolute atomic E-state index is 13.6. The fourth-order valence-corrected chi connectivity index (χ4v) is 2.93. The van der Waals surface area contributed by atoms with Crippen LogP contribution in [-0.2, 0) is 6.18 Å². The number of benzene rings is 1. The number of aromatic nitrogens is 4. The average molecular weight is 444 g/mol. The molecule has 3 aromatic heterocycles. The maximum atomic E-state index is 13.6. The van der Waals surface area contributed by atoms with Crippen LogP contribution in [0, 0.1) is 0 Å². The highest BCUT2D eigenvalue weighted by Crippen LogP contribution is 2.33. The van der Waals surface area contributed by atoms with Gasteiger partial charge < -0.3 is 5.32 Å². The molecule has 0 unspecified atom stereocenters. The second-order valence-corrected chi connectivity index (χ2v) is 6.87. The number of amides is 1. The number of nitrogens with zero attached hydrogens (tertiary/aromatic N) is 4. The minimum absolute atomic E-state index is 0.0491. The Morgan fingerprint density at radius 2 is 1.81 bits per heavy atom. The Morgan fingerprint density at radius 1 is 1.03 bits per heavy atom. The van der Waals surface area contributed by atoms with Gasteiger partial charge in [0.25, 0.3) is 5.91 Å². The van der Waals surface area contributed by atoms with Crippen LogP contribution in [0.2, 0.25) is 5.02 Å². The van der Waals surface area contributed by atoms with Crippen molar-refractivity contribution in [1.29, 1.82) is 0 Å². The molecular formula is C21H13ClF3N5O. The van der Waals surface area contributed by atoms with E-state index in [1.54, 1.807) is 36.4 Å². The molecule has 0 saturated heterocycles. The molecule has 1 N–H and O–H groups in total. The SMILES string of the molecule is O=C(Nc1ccc(-n2nc(-c3cccnc3)cc2C(F)(F)F)nc1)c1ccc(Cl)cc1. The summed E-state index contributed by atoms with van der Waals surface area (Å²) in [6.45, 7) is 0. The van der Waals surface area contributed by atoms with Crippen molar-refractivity contribution in [2.75, 3.05) is 5.32 Å². The first kappa shape index (κ1) is 20.5. The number of hydrogen-bond donors (Lipinski definition) is 1. The summed E-state index contributed by atoms with van der Waals surface area (Å²) in [5.41, 5.74) is 0.274. The summed E-state index contributed by atoms with van der Waals surface area (Å²) in [5.74, 6) is -0.452. The summed E-state index contributed by atoms with van der Waals surface area (Å²) >= 11 is 5.80. The molecule has 4 aromatic rings. The molecule has 1 aromatic carbocycles. The lowest BCUT2D eigenvalue weighted by Crippen LogP contribution is -2.15. The van der Waals surface area contributed by atoms with E-state index in [9.17, 15) is 18.0 Å². The molecule has 0 atom stereocenters. The number of halogens is 4. The van der Waals surface area contributed by atoms with Crippen LogP contribution in [0.4, 0.5) is 18.9 Å². The topological polar surface area (TPSA) is 72.7 Å². The third kappa shape index (κ3) is 4.56. The largest absolute Gasteiger partial charge is 0.433 e. The Balaban J connectivity index is 1.62. The van der Waals surface area contributed by atoms with Crippen molar-refractivity contribution in [2.24, 2.45) is 0 Å². The van der Waals surface area contributed by atoms with Crippen molar-refractivity contribution < 1.29 is 18.0 Å². The summed E-state index contributed by atoms with van der Waals surface area (Å²) in [7, 11) is 0. The van der Waals surface area contributed by atoms with Gasteiger partial charge in [0.2, 0.25) is 0 Å². The van der Waals surface area contributed by atoms with Gasteiger partial charge in [0.1, 0.15) is 0 Å². The molecule has 3 heterocycles. The highest BCUT2D eigenvalue weighted by Gasteiger charge is 2.36. The molecule has 0 aliphatic carbocycles. The summed E-state index contributed by atoms with van der Waals surface area (Å²) in [5, 5.41) is 7.18. The number of hydrogen-bond acceptors (Lipinski definition) is 4. The number of pyridine rings is 2. The molecule has 6 nitrogen and oxygen atoms in total. The third-order valence-corrected chi connectivity index (χ3v) is 4.54. The van der Waals surface area contributed by atoms with E-state index in [2.05, 4.69) is 20.4 Å². The zero-order valence-electron chi connectivity index (χ0n) is 15.6. The van der Waals surface area contributed by atoms with Crippen molar-refractivity contribution in [3.8, 4) is 17.1 Å². The second-order valence-electron chi connectivity index (χ2n) is 6.43. The summed E-state index contributed by atoms with van der Waals surface area (Å²) in [6, 6.07) is 13.2. The monoisotopic (exact) mass is 443 g/mol. The van der Waals surface area contributed by atoms with Gasteiger partial charge in [0.15, 0.2) is 11.5 Å². The van der Waals surface area contributed by atoms with Gasteiger partial charge in [0.05, 0.1) is 17.6 Å². The van der Waals surface area contributed by atoms with Gasteiger partial charge in [-0.05, 0) is 54.6 Å². The van der Waals surface area contributed by atoms with Crippen molar-refractivity contribution in [2.45, 2.75) is 6.18 Å². The van der Waals surface area contributed by atoms with E-state index < -0.39 is 17.8 Å². The number of rotatable bonds is 4. The smallest absolute Gasteiger partial charge is 0.321 e. The van der Waals surface area contributed by atoms with E-state index in [0.717, 1.165) is 6.07 Å². The lowest BCUT2D eigenvalue weighted by Gasteiger charge is -2.10. The first-order valence-corrected chi connectivity index (χ1v) is 9.30. The van der Waals surface area contributed by atoms with Crippen LogP contribution in [0.3, 0.4) is 0 Å². The molecule has 0 aliphatic rings. The minimum atomic E-state index is -4.64. The Morgan fingerprint density at radius 3 is 2.42 bits per heavy atom. The van der Waals surface area contributed by atoms with E-state index >= 15 is 0 Å². The Labute approximate surface area is 179 Å². The number of nitrogens with one attached hydrogen (secondary N) is 1. The molecule has 0 aliphatic heterocycles. The van der Waals surface area contributed by atoms with Gasteiger partial charge in [-0.2, -0.15) is 18.3 Å². The van der Waals surface area contributed by atoms with E-state index in [0.29, 0.717) is 26.5 Å². The standard InChI is InChI=1S/C21H13ClF3N5O/c22-15-5-3-13(4-6-15)20(31)28-16-7-8-19(27-12-16)30-18(21(23,24)25)10-17(29-30)14-2-1-9-26-11-14/h1-12H,(H,28,31). The van der Waals surface area contributed by atoms with Gasteiger partial charge in [0, 0.05) is 28.5 Å². The summed E-state index contributed by atoms with van der Waals surface area (Å²) < 4.78 is 41.4. The van der Waals surface area contributed by atoms with Gasteiger partial charge in [-0.3, -0.25) is 9.78 Å². The fraction of sp³-hybridized carbons (Fsp3) is 0.0476. The van der Waals surface area contributed by atoms with Gasteiger partial charge in [-0.1, -0.05) is 11.6 Å². The number of carbonyl (C=O) groups is 1. The van der Waals surface area contributed by atoms with Crippen LogP contribution in [0.25, 0.3) is 17.1 Å². The molecule has 0 saturated carbocycles. The van der Waals surface area contributed by atoms with Crippen LogP contribution in [0.5, 0.6) is 0 Å². The molecule has 0 spiro atoms. The van der Waals surface area contributed by atoms with Gasteiger partial charge in [-0.25, -0.2) is 9.67 Å². The predicted molar refractivity (Wildman–Crippen MR) is 109 cm³/mol. The lowest BCUT2D eigenvalue weighted by atomic mass is 10.2. The van der Waals surface area contributed by atoms with Gasteiger partial charge >= 0.3 is 6.18 Å². The van der Waals surface area contributed by atoms with Crippen molar-refractivity contribution in [1.82, 2.24) is 19.7 Å². The molecule has 10 heteroatoms. The molecule has 156 valence electrons. The summed E-state index contributed by atoms with van der Waals surface area (Å²) in [4.78, 5) is 20.2. The van der Waals surface area contributed by atoms with E-state index in [1.807, 2.05) is 0 Å². The van der Waals surface area contributed by atoms with Crippen LogP contribution >= 0.6 is 11.6 Å². The highest BCUT2D eigenvalue weighted by molar-refractivity contribution is 6.30. The molecule has 4 rings (SSSR count). The molecule has 0 bridgehead atoms. The zero-order chi connectivity index (χ0) is 22.0. The van der Waals surface area contributed by atoms with Crippen LogP contribution < -0.4 is 5.32 Å². The molecule has 0 fully saturated rings. The Hall–Kier alpha value is -3.72. The van der Waals surface area contributed by atoms with Crippen LogP contribution in [0.1, 0.15) is 16.1 Å². The van der Waals surface area contributed by atoms with Crippen LogP contribution in [0.15, 0.2) is 73.2 Å². The lowest BCUT2D eigenvalue weighted by molar-refractivity contribution is -0.142. The molecule has 0 radical (unpaired) electrons. The highest BCUT2D eigenvalue weighted by atomic mass is 35.5. The zero-order valence-corrected chi connectivity index (χ0v) is 16.4. The normalized spacial score (nSPS) is 11.4. The van der Waals surface area contributed by atoms with Gasteiger partial charge in [-0.15, -0.1) is 0 Å². The quantitative estimate of drug-likeness (QED) is 0.467. The predicted octanol–water partition coefficient (Wildman–Crippen LogP) is 5.25. The fourth-order valence-electron chi connectivity index (χ4n) is 2.80. The maximum Gasteiger partial charge on any atom is 0.433 e. The van der Waals surface area contributed by atoms with Crippen molar-refractivity contribution >= 4 is 23.2 Å². The molecule has 31 heavy (non-hydrogen) atoms. The Bertz CT molecular complexity index is 1210. The molecular weight excluding hydrogens is 431 g/mol. The Kier molecular flexibility index (Phi) is 5.43. The van der Waals surface area contributed by atoms with Crippen molar-refractivity contribution in [3.63, 3.8) is 0 Å². The molecule has 1 amide bonds. The van der Waals surface area contributed by atoms with Crippen LogP contribution in [-0.4, -0.2) is 25.7 Å². The first-order valence-electron chi connectivity index (χ1n) is 8.92. The van der Waals surface area contributed by atoms with E-state index in [4.69, 9.17) is 11.6 Å². The third-order valence-electron chi connectivity index (χ3n) is 4.29.